The predicted octanol–water partition coefficient (Wildman–Crippen LogP) is 2.81. The quantitative estimate of drug-likeness (QED) is 0.920. The van der Waals surface area contributed by atoms with E-state index in [4.69, 9.17) is 0 Å². The first kappa shape index (κ1) is 17.7. The molecule has 2 heterocycles. The SMILES string of the molecule is CC(C)n1c(=O)nc(N2CCC(CO)C2)c2ccc(C(F)(F)F)cc21. The van der Waals surface area contributed by atoms with Gasteiger partial charge in [0.05, 0.1) is 11.1 Å². The Hall–Kier alpha value is -2.09. The number of hydrogen-bond acceptors (Lipinski definition) is 4. The smallest absolute Gasteiger partial charge is 0.396 e. The minimum absolute atomic E-state index is 0.0374. The first-order chi connectivity index (χ1) is 11.7. The molecule has 8 heteroatoms. The summed E-state index contributed by atoms with van der Waals surface area (Å²) in [6, 6.07) is 3.10. The fourth-order valence-electron chi connectivity index (χ4n) is 3.32. The summed E-state index contributed by atoms with van der Waals surface area (Å²) in [5, 5.41) is 9.82. The standard InChI is InChI=1S/C17H20F3N3O2/c1-10(2)23-14-7-12(17(18,19)20)3-4-13(14)15(21-16(23)25)22-6-5-11(8-22)9-24/h3-4,7,10-11,24H,5-6,8-9H2,1-2H3. The maximum Gasteiger partial charge on any atom is 0.416 e. The molecule has 1 aliphatic heterocycles. The van der Waals surface area contributed by atoms with E-state index in [1.54, 1.807) is 13.8 Å². The number of nitrogens with zero attached hydrogens (tertiary/aromatic N) is 3. The number of anilines is 1. The van der Waals surface area contributed by atoms with Gasteiger partial charge in [-0.15, -0.1) is 0 Å². The molecule has 1 unspecified atom stereocenters. The summed E-state index contributed by atoms with van der Waals surface area (Å²) in [6.07, 6.45) is -3.72. The van der Waals surface area contributed by atoms with Crippen LogP contribution in [-0.4, -0.2) is 34.4 Å². The molecule has 1 aliphatic rings. The molecule has 2 aromatic rings. The zero-order valence-corrected chi connectivity index (χ0v) is 14.0. The van der Waals surface area contributed by atoms with Crippen LogP contribution in [0.2, 0.25) is 0 Å². The van der Waals surface area contributed by atoms with Crippen molar-refractivity contribution in [1.82, 2.24) is 9.55 Å². The van der Waals surface area contributed by atoms with Crippen molar-refractivity contribution in [3.05, 3.63) is 34.2 Å². The molecule has 5 nitrogen and oxygen atoms in total. The first-order valence-electron chi connectivity index (χ1n) is 8.21. The number of rotatable bonds is 3. The van der Waals surface area contributed by atoms with E-state index in [-0.39, 0.29) is 24.1 Å². The lowest BCUT2D eigenvalue weighted by atomic mass is 10.1. The average molecular weight is 355 g/mol. The van der Waals surface area contributed by atoms with E-state index in [1.165, 1.54) is 10.6 Å². The van der Waals surface area contributed by atoms with Crippen molar-refractivity contribution in [1.29, 1.82) is 0 Å². The summed E-state index contributed by atoms with van der Waals surface area (Å²) in [7, 11) is 0. The summed E-state index contributed by atoms with van der Waals surface area (Å²) < 4.78 is 40.6. The summed E-state index contributed by atoms with van der Waals surface area (Å²) in [5.74, 6) is 0.473. The number of fused-ring (bicyclic) bond motifs is 1. The van der Waals surface area contributed by atoms with Crippen molar-refractivity contribution < 1.29 is 18.3 Å². The minimum atomic E-state index is -4.48. The lowest BCUT2D eigenvalue weighted by molar-refractivity contribution is -0.137. The fourth-order valence-corrected chi connectivity index (χ4v) is 3.32. The third-order valence-electron chi connectivity index (χ3n) is 4.59. The average Bonchev–Trinajstić information content (AvgIpc) is 3.01. The Labute approximate surface area is 142 Å². The molecule has 136 valence electrons. The molecule has 1 atom stereocenters. The highest BCUT2D eigenvalue weighted by atomic mass is 19.4. The van der Waals surface area contributed by atoms with Crippen LogP contribution in [0.5, 0.6) is 0 Å². The van der Waals surface area contributed by atoms with E-state index in [9.17, 15) is 23.1 Å². The van der Waals surface area contributed by atoms with Crippen LogP contribution in [0.3, 0.4) is 0 Å². The van der Waals surface area contributed by atoms with Gasteiger partial charge in [0.25, 0.3) is 0 Å². The van der Waals surface area contributed by atoms with Crippen molar-refractivity contribution in [2.24, 2.45) is 5.92 Å². The van der Waals surface area contributed by atoms with E-state index < -0.39 is 17.4 Å². The zero-order chi connectivity index (χ0) is 18.4. The summed E-state index contributed by atoms with van der Waals surface area (Å²) in [6.45, 7) is 4.65. The van der Waals surface area contributed by atoms with Crippen LogP contribution in [0.4, 0.5) is 19.0 Å². The zero-order valence-electron chi connectivity index (χ0n) is 14.0. The lowest BCUT2D eigenvalue weighted by Crippen LogP contribution is -2.30. The second-order valence-electron chi connectivity index (χ2n) is 6.69. The molecule has 0 bridgehead atoms. The largest absolute Gasteiger partial charge is 0.416 e. The van der Waals surface area contributed by atoms with Gasteiger partial charge in [-0.1, -0.05) is 0 Å². The van der Waals surface area contributed by atoms with Crippen molar-refractivity contribution in [2.75, 3.05) is 24.6 Å². The Balaban J connectivity index is 2.23. The fraction of sp³-hybridized carbons (Fsp3) is 0.529. The Morgan fingerprint density at radius 2 is 2.08 bits per heavy atom. The van der Waals surface area contributed by atoms with Crippen molar-refractivity contribution >= 4 is 16.7 Å². The highest BCUT2D eigenvalue weighted by Crippen LogP contribution is 2.34. The van der Waals surface area contributed by atoms with Crippen LogP contribution in [0.25, 0.3) is 10.9 Å². The van der Waals surface area contributed by atoms with Gasteiger partial charge < -0.3 is 10.0 Å². The van der Waals surface area contributed by atoms with Gasteiger partial charge >= 0.3 is 11.9 Å². The molecule has 0 radical (unpaired) electrons. The first-order valence-corrected chi connectivity index (χ1v) is 8.21. The number of aliphatic hydroxyl groups excluding tert-OH is 1. The topological polar surface area (TPSA) is 58.4 Å². The summed E-state index contributed by atoms with van der Waals surface area (Å²) >= 11 is 0. The van der Waals surface area contributed by atoms with Crippen LogP contribution in [0, 0.1) is 5.92 Å². The minimum Gasteiger partial charge on any atom is -0.396 e. The monoisotopic (exact) mass is 355 g/mol. The van der Waals surface area contributed by atoms with Crippen molar-refractivity contribution in [3.63, 3.8) is 0 Å². The van der Waals surface area contributed by atoms with E-state index in [0.717, 1.165) is 18.6 Å². The molecule has 0 spiro atoms. The molecule has 1 aromatic heterocycles. The van der Waals surface area contributed by atoms with Gasteiger partial charge in [-0.3, -0.25) is 4.57 Å². The molecular formula is C17H20F3N3O2. The number of aromatic nitrogens is 2. The van der Waals surface area contributed by atoms with Gasteiger partial charge in [0.15, 0.2) is 0 Å². The van der Waals surface area contributed by atoms with Gasteiger partial charge in [-0.2, -0.15) is 18.2 Å². The molecule has 0 amide bonds. The Kier molecular flexibility index (Phi) is 4.49. The molecule has 25 heavy (non-hydrogen) atoms. The van der Waals surface area contributed by atoms with E-state index in [0.29, 0.717) is 24.3 Å². The van der Waals surface area contributed by atoms with E-state index in [1.807, 2.05) is 4.90 Å². The van der Waals surface area contributed by atoms with Crippen LogP contribution in [0.1, 0.15) is 31.9 Å². The molecule has 0 aliphatic carbocycles. The van der Waals surface area contributed by atoms with Crippen LogP contribution < -0.4 is 10.6 Å². The van der Waals surface area contributed by atoms with Gasteiger partial charge in [-0.25, -0.2) is 4.79 Å². The van der Waals surface area contributed by atoms with Crippen LogP contribution in [0.15, 0.2) is 23.0 Å². The number of halogens is 3. The molecule has 1 saturated heterocycles. The second-order valence-corrected chi connectivity index (χ2v) is 6.69. The van der Waals surface area contributed by atoms with Crippen LogP contribution >= 0.6 is 0 Å². The molecule has 0 saturated carbocycles. The lowest BCUT2D eigenvalue weighted by Gasteiger charge is -2.22. The predicted molar refractivity (Wildman–Crippen MR) is 88.8 cm³/mol. The third-order valence-corrected chi connectivity index (χ3v) is 4.59. The van der Waals surface area contributed by atoms with Crippen LogP contribution in [-0.2, 0) is 6.18 Å². The van der Waals surface area contributed by atoms with Gasteiger partial charge in [0.2, 0.25) is 0 Å². The van der Waals surface area contributed by atoms with E-state index >= 15 is 0 Å². The third kappa shape index (κ3) is 3.22. The van der Waals surface area contributed by atoms with E-state index in [2.05, 4.69) is 4.98 Å². The highest BCUT2D eigenvalue weighted by molar-refractivity contribution is 5.90. The van der Waals surface area contributed by atoms with Gasteiger partial charge in [0.1, 0.15) is 5.82 Å². The Morgan fingerprint density at radius 1 is 1.36 bits per heavy atom. The Morgan fingerprint density at radius 3 is 2.64 bits per heavy atom. The Bertz CT molecular complexity index is 845. The normalized spacial score (nSPS) is 18.5. The molecule has 1 N–H and O–H groups in total. The van der Waals surface area contributed by atoms with Gasteiger partial charge in [0, 0.05) is 37.0 Å². The molecule has 1 aromatic carbocycles. The van der Waals surface area contributed by atoms with Crippen molar-refractivity contribution in [2.45, 2.75) is 32.5 Å². The number of benzene rings is 1. The molecule has 1 fully saturated rings. The van der Waals surface area contributed by atoms with Crippen molar-refractivity contribution in [3.8, 4) is 0 Å². The highest BCUT2D eigenvalue weighted by Gasteiger charge is 2.32. The maximum atomic E-state index is 13.1. The number of aliphatic hydroxyl groups is 1. The number of alkyl halides is 3. The second kappa shape index (κ2) is 6.33. The molecular weight excluding hydrogens is 335 g/mol. The number of hydrogen-bond donors (Lipinski definition) is 1. The summed E-state index contributed by atoms with van der Waals surface area (Å²) in [5.41, 5.74) is -1.13. The van der Waals surface area contributed by atoms with Gasteiger partial charge in [-0.05, 0) is 38.5 Å². The summed E-state index contributed by atoms with van der Waals surface area (Å²) in [4.78, 5) is 18.5. The maximum absolute atomic E-state index is 13.1. The molecule has 3 rings (SSSR count).